The highest BCUT2D eigenvalue weighted by Gasteiger charge is 2.42. The fourth-order valence-electron chi connectivity index (χ4n) is 2.98. The molecule has 1 N–H and O–H groups in total. The molecule has 0 bridgehead atoms. The van der Waals surface area contributed by atoms with Crippen molar-refractivity contribution in [3.8, 4) is 0 Å². The molecule has 0 aromatic rings. The summed E-state index contributed by atoms with van der Waals surface area (Å²) in [6.45, 7) is 2.51. The number of carbonyl (C=O) groups is 2. The number of hydrogen-bond donors (Lipinski definition) is 1. The van der Waals surface area contributed by atoms with Gasteiger partial charge in [-0.3, -0.25) is 9.59 Å². The van der Waals surface area contributed by atoms with Gasteiger partial charge in [-0.15, -0.1) is 0 Å². The first kappa shape index (κ1) is 11.4. The summed E-state index contributed by atoms with van der Waals surface area (Å²) in [6, 6.07) is 0. The standard InChI is InChI=1S/C12H19NO3/c1-12(6-2-3-7-12)13-8-9(11(15)16)4-5-10(13)14/h9H,2-8H2,1H3,(H,15,16). The largest absolute Gasteiger partial charge is 0.481 e. The average molecular weight is 225 g/mol. The van der Waals surface area contributed by atoms with Crippen molar-refractivity contribution >= 4 is 11.9 Å². The molecule has 2 rings (SSSR count). The lowest BCUT2D eigenvalue weighted by Gasteiger charge is -2.42. The van der Waals surface area contributed by atoms with Crippen LogP contribution >= 0.6 is 0 Å². The molecule has 90 valence electrons. The van der Waals surface area contributed by atoms with E-state index in [9.17, 15) is 9.59 Å². The van der Waals surface area contributed by atoms with Crippen LogP contribution in [0.5, 0.6) is 0 Å². The van der Waals surface area contributed by atoms with Gasteiger partial charge in [-0.1, -0.05) is 12.8 Å². The van der Waals surface area contributed by atoms with E-state index in [4.69, 9.17) is 5.11 Å². The predicted octanol–water partition coefficient (Wildman–Crippen LogP) is 1.64. The smallest absolute Gasteiger partial charge is 0.308 e. The Morgan fingerprint density at radius 2 is 2.06 bits per heavy atom. The first-order valence-corrected chi connectivity index (χ1v) is 6.06. The van der Waals surface area contributed by atoms with Gasteiger partial charge in [0.1, 0.15) is 0 Å². The Morgan fingerprint density at radius 3 is 2.62 bits per heavy atom. The van der Waals surface area contributed by atoms with Crippen LogP contribution in [0.25, 0.3) is 0 Å². The van der Waals surface area contributed by atoms with E-state index >= 15 is 0 Å². The summed E-state index contributed by atoms with van der Waals surface area (Å²) >= 11 is 0. The molecular weight excluding hydrogens is 206 g/mol. The zero-order valence-corrected chi connectivity index (χ0v) is 9.74. The van der Waals surface area contributed by atoms with Gasteiger partial charge in [-0.2, -0.15) is 0 Å². The van der Waals surface area contributed by atoms with Crippen molar-refractivity contribution in [3.05, 3.63) is 0 Å². The number of carboxylic acid groups (broad SMARTS) is 1. The van der Waals surface area contributed by atoms with E-state index in [2.05, 4.69) is 6.92 Å². The molecule has 1 amide bonds. The zero-order valence-electron chi connectivity index (χ0n) is 9.74. The van der Waals surface area contributed by atoms with Gasteiger partial charge >= 0.3 is 5.97 Å². The van der Waals surface area contributed by atoms with Crippen molar-refractivity contribution < 1.29 is 14.7 Å². The molecule has 1 atom stereocenters. The summed E-state index contributed by atoms with van der Waals surface area (Å²) in [6.07, 6.45) is 5.24. The number of carboxylic acids is 1. The van der Waals surface area contributed by atoms with Gasteiger partial charge in [0, 0.05) is 18.5 Å². The first-order valence-electron chi connectivity index (χ1n) is 6.06. The second kappa shape index (κ2) is 4.07. The van der Waals surface area contributed by atoms with Crippen molar-refractivity contribution in [3.63, 3.8) is 0 Å². The SMILES string of the molecule is CC1(N2CC(C(=O)O)CCC2=O)CCCC1. The third kappa shape index (κ3) is 1.93. The van der Waals surface area contributed by atoms with E-state index in [0.29, 0.717) is 19.4 Å². The quantitative estimate of drug-likeness (QED) is 0.777. The summed E-state index contributed by atoms with van der Waals surface area (Å²) < 4.78 is 0. The number of aliphatic carboxylic acids is 1. The van der Waals surface area contributed by atoms with Crippen LogP contribution < -0.4 is 0 Å². The minimum absolute atomic E-state index is 0.0782. The van der Waals surface area contributed by atoms with E-state index in [0.717, 1.165) is 25.7 Å². The minimum Gasteiger partial charge on any atom is -0.481 e. The van der Waals surface area contributed by atoms with Crippen LogP contribution in [0.4, 0.5) is 0 Å². The van der Waals surface area contributed by atoms with Crippen molar-refractivity contribution in [2.45, 2.75) is 51.0 Å². The highest BCUT2D eigenvalue weighted by atomic mass is 16.4. The molecule has 4 nitrogen and oxygen atoms in total. The Balaban J connectivity index is 2.12. The Morgan fingerprint density at radius 1 is 1.44 bits per heavy atom. The Hall–Kier alpha value is -1.06. The van der Waals surface area contributed by atoms with Crippen LogP contribution in [0, 0.1) is 5.92 Å². The Kier molecular flexibility index (Phi) is 2.91. The molecule has 1 saturated heterocycles. The predicted molar refractivity (Wildman–Crippen MR) is 58.9 cm³/mol. The molecule has 16 heavy (non-hydrogen) atoms. The fourth-order valence-corrected chi connectivity index (χ4v) is 2.98. The number of hydrogen-bond acceptors (Lipinski definition) is 2. The molecule has 1 unspecified atom stereocenters. The number of piperidine rings is 1. The molecule has 1 saturated carbocycles. The van der Waals surface area contributed by atoms with Gasteiger partial charge in [0.05, 0.1) is 5.92 Å². The summed E-state index contributed by atoms with van der Waals surface area (Å²) in [5, 5.41) is 9.03. The highest BCUT2D eigenvalue weighted by Crippen LogP contribution is 2.37. The second-order valence-corrected chi connectivity index (χ2v) is 5.28. The van der Waals surface area contributed by atoms with Crippen molar-refractivity contribution in [1.82, 2.24) is 4.90 Å². The van der Waals surface area contributed by atoms with Crippen LogP contribution in [-0.4, -0.2) is 34.0 Å². The van der Waals surface area contributed by atoms with E-state index in [1.54, 1.807) is 0 Å². The molecule has 2 fully saturated rings. The first-order chi connectivity index (χ1) is 7.53. The number of amides is 1. The van der Waals surface area contributed by atoms with Crippen molar-refractivity contribution in [2.24, 2.45) is 5.92 Å². The minimum atomic E-state index is -0.765. The van der Waals surface area contributed by atoms with Crippen molar-refractivity contribution in [2.75, 3.05) is 6.54 Å². The lowest BCUT2D eigenvalue weighted by molar-refractivity contribution is -0.151. The maximum absolute atomic E-state index is 11.9. The van der Waals surface area contributed by atoms with Crippen LogP contribution in [-0.2, 0) is 9.59 Å². The van der Waals surface area contributed by atoms with E-state index in [1.807, 2.05) is 4.90 Å². The normalized spacial score (nSPS) is 29.4. The second-order valence-electron chi connectivity index (χ2n) is 5.28. The summed E-state index contributed by atoms with van der Waals surface area (Å²) in [5.74, 6) is -0.990. The molecule has 0 radical (unpaired) electrons. The number of rotatable bonds is 2. The summed E-state index contributed by atoms with van der Waals surface area (Å²) in [4.78, 5) is 24.7. The number of likely N-dealkylation sites (tertiary alicyclic amines) is 1. The third-order valence-electron chi connectivity index (χ3n) is 4.09. The van der Waals surface area contributed by atoms with Crippen LogP contribution in [0.2, 0.25) is 0 Å². The molecule has 4 heteroatoms. The lowest BCUT2D eigenvalue weighted by Crippen LogP contribution is -2.53. The van der Waals surface area contributed by atoms with Crippen LogP contribution in [0.15, 0.2) is 0 Å². The van der Waals surface area contributed by atoms with E-state index in [1.165, 1.54) is 0 Å². The van der Waals surface area contributed by atoms with Gasteiger partial charge in [0.2, 0.25) is 5.91 Å². The van der Waals surface area contributed by atoms with Gasteiger partial charge in [0.25, 0.3) is 0 Å². The number of nitrogens with zero attached hydrogens (tertiary/aromatic N) is 1. The molecule has 1 heterocycles. The highest BCUT2D eigenvalue weighted by molar-refractivity contribution is 5.81. The molecule has 1 aliphatic heterocycles. The van der Waals surface area contributed by atoms with Gasteiger partial charge in [-0.25, -0.2) is 0 Å². The Bertz CT molecular complexity index is 307. The van der Waals surface area contributed by atoms with Gasteiger partial charge in [0.15, 0.2) is 0 Å². The third-order valence-corrected chi connectivity index (χ3v) is 4.09. The summed E-state index contributed by atoms with van der Waals surface area (Å²) in [5.41, 5.74) is -0.0782. The molecule has 0 aromatic carbocycles. The van der Waals surface area contributed by atoms with Crippen LogP contribution in [0.1, 0.15) is 45.4 Å². The topological polar surface area (TPSA) is 57.6 Å². The molecular formula is C12H19NO3. The molecule has 1 aliphatic carbocycles. The maximum atomic E-state index is 11.9. The van der Waals surface area contributed by atoms with Gasteiger partial charge in [-0.05, 0) is 26.2 Å². The van der Waals surface area contributed by atoms with E-state index in [-0.39, 0.29) is 17.4 Å². The van der Waals surface area contributed by atoms with Gasteiger partial charge < -0.3 is 10.0 Å². The molecule has 0 aromatic heterocycles. The fraction of sp³-hybridized carbons (Fsp3) is 0.833. The van der Waals surface area contributed by atoms with Crippen molar-refractivity contribution in [1.29, 1.82) is 0 Å². The molecule has 0 spiro atoms. The zero-order chi connectivity index (χ0) is 11.8. The average Bonchev–Trinajstić information content (AvgIpc) is 2.66. The lowest BCUT2D eigenvalue weighted by atomic mass is 9.90. The summed E-state index contributed by atoms with van der Waals surface area (Å²) in [7, 11) is 0. The molecule has 2 aliphatic rings. The maximum Gasteiger partial charge on any atom is 0.308 e. The van der Waals surface area contributed by atoms with E-state index < -0.39 is 5.97 Å². The number of carbonyl (C=O) groups excluding carboxylic acids is 1. The monoisotopic (exact) mass is 225 g/mol. The Labute approximate surface area is 95.6 Å². The van der Waals surface area contributed by atoms with Crippen LogP contribution in [0.3, 0.4) is 0 Å².